The fourth-order valence-corrected chi connectivity index (χ4v) is 2.39. The van der Waals surface area contributed by atoms with Gasteiger partial charge in [0.2, 0.25) is 0 Å². The number of aromatic amines is 1. The molecule has 1 aliphatic rings. The Morgan fingerprint density at radius 2 is 2.00 bits per heavy atom. The number of nitrogens with one attached hydrogen (secondary N) is 1. The minimum absolute atomic E-state index is 0.222. The lowest BCUT2D eigenvalue weighted by Crippen LogP contribution is -2.17. The van der Waals surface area contributed by atoms with E-state index in [0.717, 1.165) is 29.8 Å². The Morgan fingerprint density at radius 1 is 1.24 bits per heavy atom. The van der Waals surface area contributed by atoms with Gasteiger partial charge in [-0.2, -0.15) is 0 Å². The van der Waals surface area contributed by atoms with Crippen molar-refractivity contribution >= 4 is 0 Å². The van der Waals surface area contributed by atoms with E-state index in [2.05, 4.69) is 11.1 Å². The first-order valence-electron chi connectivity index (χ1n) is 5.87. The third-order valence-corrected chi connectivity index (χ3v) is 3.33. The van der Waals surface area contributed by atoms with Crippen LogP contribution in [0.2, 0.25) is 0 Å². The Kier molecular flexibility index (Phi) is 2.48. The summed E-state index contributed by atoms with van der Waals surface area (Å²) in [5.74, 6) is -0.222. The van der Waals surface area contributed by atoms with Gasteiger partial charge in [-0.15, -0.1) is 0 Å². The third-order valence-electron chi connectivity index (χ3n) is 3.33. The highest BCUT2D eigenvalue weighted by molar-refractivity contribution is 5.61. The van der Waals surface area contributed by atoms with Crippen molar-refractivity contribution in [3.05, 3.63) is 47.4 Å². The van der Waals surface area contributed by atoms with E-state index in [-0.39, 0.29) is 11.9 Å². The molecule has 0 saturated heterocycles. The van der Waals surface area contributed by atoms with Crippen LogP contribution >= 0.6 is 0 Å². The molecule has 3 heteroatoms. The van der Waals surface area contributed by atoms with Crippen molar-refractivity contribution in [2.75, 3.05) is 0 Å². The summed E-state index contributed by atoms with van der Waals surface area (Å²) in [6.07, 6.45) is 2.19. The van der Waals surface area contributed by atoms with Crippen LogP contribution in [0.25, 0.3) is 11.3 Å². The molecule has 2 aromatic rings. The van der Waals surface area contributed by atoms with E-state index in [9.17, 15) is 9.50 Å². The summed E-state index contributed by atoms with van der Waals surface area (Å²) in [5, 5.41) is 9.60. The summed E-state index contributed by atoms with van der Waals surface area (Å²) in [6, 6.07) is 8.56. The standard InChI is InChI=1S/C14H14FNO/c15-11-4-1-9(2-5-11)13-7-10-3-6-12(17)8-14(10)16-13/h1-2,4-5,7,12,16-17H,3,6,8H2. The van der Waals surface area contributed by atoms with Crippen molar-refractivity contribution < 1.29 is 9.50 Å². The smallest absolute Gasteiger partial charge is 0.123 e. The Labute approximate surface area is 99.1 Å². The molecule has 2 nitrogen and oxygen atoms in total. The van der Waals surface area contributed by atoms with Crippen molar-refractivity contribution in [3.8, 4) is 11.3 Å². The number of benzene rings is 1. The molecule has 1 aromatic carbocycles. The van der Waals surface area contributed by atoms with E-state index in [1.54, 1.807) is 12.1 Å². The molecule has 0 saturated carbocycles. The van der Waals surface area contributed by atoms with Gasteiger partial charge in [-0.1, -0.05) is 0 Å². The zero-order valence-corrected chi connectivity index (χ0v) is 9.41. The van der Waals surface area contributed by atoms with Gasteiger partial charge in [0, 0.05) is 17.8 Å². The Balaban J connectivity index is 1.97. The molecule has 3 rings (SSSR count). The monoisotopic (exact) mass is 231 g/mol. The Morgan fingerprint density at radius 3 is 2.76 bits per heavy atom. The SMILES string of the molecule is OC1CCc2cc(-c3ccc(F)cc3)[nH]c2C1. The largest absolute Gasteiger partial charge is 0.393 e. The fraction of sp³-hybridized carbons (Fsp3) is 0.286. The van der Waals surface area contributed by atoms with E-state index in [0.29, 0.717) is 6.42 Å². The topological polar surface area (TPSA) is 36.0 Å². The molecule has 1 heterocycles. The minimum atomic E-state index is -0.234. The average Bonchev–Trinajstić information content (AvgIpc) is 2.72. The second-order valence-electron chi connectivity index (χ2n) is 4.59. The van der Waals surface area contributed by atoms with Crippen molar-refractivity contribution in [2.45, 2.75) is 25.4 Å². The lowest BCUT2D eigenvalue weighted by atomic mass is 9.95. The highest BCUT2D eigenvalue weighted by Crippen LogP contribution is 2.27. The number of rotatable bonds is 1. The Bertz CT molecular complexity index is 530. The maximum absolute atomic E-state index is 12.8. The predicted molar refractivity (Wildman–Crippen MR) is 64.2 cm³/mol. The van der Waals surface area contributed by atoms with Gasteiger partial charge >= 0.3 is 0 Å². The van der Waals surface area contributed by atoms with Crippen LogP contribution in [-0.4, -0.2) is 16.2 Å². The quantitative estimate of drug-likeness (QED) is 0.777. The maximum Gasteiger partial charge on any atom is 0.123 e. The zero-order chi connectivity index (χ0) is 11.8. The van der Waals surface area contributed by atoms with Gasteiger partial charge in [0.05, 0.1) is 6.10 Å². The summed E-state index contributed by atoms with van der Waals surface area (Å²) in [7, 11) is 0. The van der Waals surface area contributed by atoms with Crippen LogP contribution in [0.1, 0.15) is 17.7 Å². The molecular formula is C14H14FNO. The zero-order valence-electron chi connectivity index (χ0n) is 9.41. The van der Waals surface area contributed by atoms with Crippen molar-refractivity contribution in [3.63, 3.8) is 0 Å². The predicted octanol–water partition coefficient (Wildman–Crippen LogP) is 2.67. The number of aliphatic hydroxyl groups excluding tert-OH is 1. The summed E-state index contributed by atoms with van der Waals surface area (Å²) in [4.78, 5) is 3.32. The van der Waals surface area contributed by atoms with Crippen LogP contribution in [0.4, 0.5) is 4.39 Å². The van der Waals surface area contributed by atoms with E-state index < -0.39 is 0 Å². The number of halogens is 1. The number of fused-ring (bicyclic) bond motifs is 1. The molecule has 2 N–H and O–H groups in total. The molecule has 1 atom stereocenters. The molecule has 0 fully saturated rings. The third kappa shape index (κ3) is 1.98. The number of hydrogen-bond donors (Lipinski definition) is 2. The van der Waals surface area contributed by atoms with Gasteiger partial charge in [-0.05, 0) is 54.3 Å². The van der Waals surface area contributed by atoms with E-state index in [1.165, 1.54) is 17.7 Å². The molecule has 1 aliphatic carbocycles. The first-order chi connectivity index (χ1) is 8.22. The summed E-state index contributed by atoms with van der Waals surface area (Å²) >= 11 is 0. The van der Waals surface area contributed by atoms with Crippen LogP contribution in [0.5, 0.6) is 0 Å². The van der Waals surface area contributed by atoms with E-state index >= 15 is 0 Å². The maximum atomic E-state index is 12.8. The van der Waals surface area contributed by atoms with Gasteiger partial charge in [-0.3, -0.25) is 0 Å². The molecular weight excluding hydrogens is 217 g/mol. The van der Waals surface area contributed by atoms with Crippen LogP contribution in [0.15, 0.2) is 30.3 Å². The molecule has 0 radical (unpaired) electrons. The second kappa shape index (κ2) is 4.00. The lowest BCUT2D eigenvalue weighted by molar-refractivity contribution is 0.157. The van der Waals surface area contributed by atoms with E-state index in [1.807, 2.05) is 0 Å². The second-order valence-corrected chi connectivity index (χ2v) is 4.59. The van der Waals surface area contributed by atoms with Crippen LogP contribution in [0, 0.1) is 5.82 Å². The molecule has 0 spiro atoms. The molecule has 0 amide bonds. The molecule has 0 aliphatic heterocycles. The number of aryl methyl sites for hydroxylation is 1. The number of hydrogen-bond acceptors (Lipinski definition) is 1. The minimum Gasteiger partial charge on any atom is -0.393 e. The Hall–Kier alpha value is -1.61. The molecule has 88 valence electrons. The summed E-state index contributed by atoms with van der Waals surface area (Å²) in [5.41, 5.74) is 4.37. The normalized spacial score (nSPS) is 19.1. The van der Waals surface area contributed by atoms with Gasteiger partial charge in [0.15, 0.2) is 0 Å². The van der Waals surface area contributed by atoms with E-state index in [4.69, 9.17) is 0 Å². The van der Waals surface area contributed by atoms with Gasteiger partial charge in [0.25, 0.3) is 0 Å². The lowest BCUT2D eigenvalue weighted by Gasteiger charge is -2.16. The molecule has 1 unspecified atom stereocenters. The highest BCUT2D eigenvalue weighted by atomic mass is 19.1. The summed E-state index contributed by atoms with van der Waals surface area (Å²) in [6.45, 7) is 0. The van der Waals surface area contributed by atoms with Crippen LogP contribution in [0.3, 0.4) is 0 Å². The first-order valence-corrected chi connectivity index (χ1v) is 5.87. The number of H-pyrrole nitrogens is 1. The number of aromatic nitrogens is 1. The molecule has 0 bridgehead atoms. The first kappa shape index (κ1) is 10.5. The van der Waals surface area contributed by atoms with Crippen LogP contribution in [-0.2, 0) is 12.8 Å². The average molecular weight is 231 g/mol. The number of aliphatic hydroxyl groups is 1. The van der Waals surface area contributed by atoms with Gasteiger partial charge in [0.1, 0.15) is 5.82 Å². The molecule has 1 aromatic heterocycles. The van der Waals surface area contributed by atoms with Crippen LogP contribution < -0.4 is 0 Å². The van der Waals surface area contributed by atoms with Crippen molar-refractivity contribution in [1.29, 1.82) is 0 Å². The van der Waals surface area contributed by atoms with Crippen molar-refractivity contribution in [1.82, 2.24) is 4.98 Å². The van der Waals surface area contributed by atoms with Crippen molar-refractivity contribution in [2.24, 2.45) is 0 Å². The molecule has 17 heavy (non-hydrogen) atoms. The highest BCUT2D eigenvalue weighted by Gasteiger charge is 2.19. The van der Waals surface area contributed by atoms with Gasteiger partial charge < -0.3 is 10.1 Å². The fourth-order valence-electron chi connectivity index (χ4n) is 2.39. The summed E-state index contributed by atoms with van der Waals surface area (Å²) < 4.78 is 12.8. The van der Waals surface area contributed by atoms with Gasteiger partial charge in [-0.25, -0.2) is 4.39 Å².